The molecule has 1 N–H and O–H groups in total. The van der Waals surface area contributed by atoms with Crippen molar-refractivity contribution < 1.29 is 9.90 Å². The van der Waals surface area contributed by atoms with E-state index in [-0.39, 0.29) is 10.8 Å². The number of carboxylic acids is 1. The van der Waals surface area contributed by atoms with Gasteiger partial charge in [0.25, 0.3) is 0 Å². The molecule has 1 aromatic carbocycles. The molecule has 0 fully saturated rings. The zero-order chi connectivity index (χ0) is 20.7. The second-order valence-corrected chi connectivity index (χ2v) is 10.2. The van der Waals surface area contributed by atoms with Crippen LogP contribution in [0.25, 0.3) is 17.2 Å². The SMILES string of the molecule is CC(/C=C/c1sccc1-c1cc2c(cc1C)C(C)(C)CCC2(C)C)=C\C(=O)O. The molecule has 0 radical (unpaired) electrons. The van der Waals surface area contributed by atoms with E-state index in [1.54, 1.807) is 11.3 Å². The highest BCUT2D eigenvalue weighted by atomic mass is 32.1. The Balaban J connectivity index is 2.09. The molecular weight excluding hydrogens is 364 g/mol. The van der Waals surface area contributed by atoms with Crippen molar-refractivity contribution >= 4 is 23.4 Å². The lowest BCUT2D eigenvalue weighted by atomic mass is 9.62. The van der Waals surface area contributed by atoms with Gasteiger partial charge in [-0.15, -0.1) is 11.3 Å². The minimum absolute atomic E-state index is 0.181. The first-order valence-electron chi connectivity index (χ1n) is 9.84. The Morgan fingerprint density at radius 2 is 1.68 bits per heavy atom. The van der Waals surface area contributed by atoms with Crippen LogP contribution in [0.5, 0.6) is 0 Å². The second-order valence-electron chi connectivity index (χ2n) is 9.24. The average Bonchev–Trinajstić information content (AvgIpc) is 3.04. The van der Waals surface area contributed by atoms with Gasteiger partial charge in [0.1, 0.15) is 0 Å². The van der Waals surface area contributed by atoms with Crippen LogP contribution in [-0.2, 0) is 15.6 Å². The highest BCUT2D eigenvalue weighted by Crippen LogP contribution is 2.48. The summed E-state index contributed by atoms with van der Waals surface area (Å²) in [5.74, 6) is -0.913. The largest absolute Gasteiger partial charge is 0.478 e. The molecule has 2 aromatic rings. The maximum absolute atomic E-state index is 10.8. The summed E-state index contributed by atoms with van der Waals surface area (Å²) in [7, 11) is 0. The van der Waals surface area contributed by atoms with Crippen LogP contribution in [0.15, 0.2) is 41.3 Å². The van der Waals surface area contributed by atoms with E-state index in [1.807, 2.05) is 19.1 Å². The molecule has 2 nitrogen and oxygen atoms in total. The van der Waals surface area contributed by atoms with E-state index in [0.29, 0.717) is 0 Å². The molecule has 0 amide bonds. The lowest BCUT2D eigenvalue weighted by Crippen LogP contribution is -2.34. The van der Waals surface area contributed by atoms with Crippen molar-refractivity contribution in [3.63, 3.8) is 0 Å². The molecule has 28 heavy (non-hydrogen) atoms. The normalized spacial score (nSPS) is 18.3. The lowest BCUT2D eigenvalue weighted by molar-refractivity contribution is -0.131. The third-order valence-corrected chi connectivity index (χ3v) is 6.91. The summed E-state index contributed by atoms with van der Waals surface area (Å²) in [4.78, 5) is 12.0. The molecule has 1 aliphatic rings. The van der Waals surface area contributed by atoms with Gasteiger partial charge in [-0.3, -0.25) is 0 Å². The van der Waals surface area contributed by atoms with Gasteiger partial charge in [-0.2, -0.15) is 0 Å². The fourth-order valence-corrected chi connectivity index (χ4v) is 4.94. The summed E-state index contributed by atoms with van der Waals surface area (Å²) in [6.07, 6.45) is 7.56. The number of benzene rings is 1. The van der Waals surface area contributed by atoms with Crippen LogP contribution in [-0.4, -0.2) is 11.1 Å². The number of fused-ring (bicyclic) bond motifs is 1. The summed E-state index contributed by atoms with van der Waals surface area (Å²) in [5, 5.41) is 11.0. The summed E-state index contributed by atoms with van der Waals surface area (Å²) in [6, 6.07) is 6.98. The first-order chi connectivity index (χ1) is 13.0. The van der Waals surface area contributed by atoms with Crippen molar-refractivity contribution in [1.82, 2.24) is 0 Å². The van der Waals surface area contributed by atoms with Gasteiger partial charge in [-0.05, 0) is 88.4 Å². The van der Waals surface area contributed by atoms with E-state index in [2.05, 4.69) is 58.2 Å². The molecule has 0 aliphatic heterocycles. The smallest absolute Gasteiger partial charge is 0.328 e. The fourth-order valence-electron chi connectivity index (χ4n) is 4.13. The molecule has 1 aromatic heterocycles. The number of allylic oxidation sites excluding steroid dienone is 2. The van der Waals surface area contributed by atoms with E-state index in [4.69, 9.17) is 5.11 Å². The van der Waals surface area contributed by atoms with Crippen LogP contribution < -0.4 is 0 Å². The fraction of sp³-hybridized carbons (Fsp3) is 0.400. The Hall–Kier alpha value is -2.13. The van der Waals surface area contributed by atoms with E-state index in [9.17, 15) is 4.79 Å². The maximum Gasteiger partial charge on any atom is 0.328 e. The monoisotopic (exact) mass is 394 g/mol. The number of aryl methyl sites for hydroxylation is 1. The molecule has 0 atom stereocenters. The van der Waals surface area contributed by atoms with Gasteiger partial charge in [0.05, 0.1) is 0 Å². The first-order valence-corrected chi connectivity index (χ1v) is 10.7. The van der Waals surface area contributed by atoms with Gasteiger partial charge in [0, 0.05) is 11.0 Å². The molecule has 0 bridgehead atoms. The van der Waals surface area contributed by atoms with Crippen molar-refractivity contribution in [2.24, 2.45) is 0 Å². The Morgan fingerprint density at radius 1 is 1.07 bits per heavy atom. The molecule has 3 heteroatoms. The number of hydrogen-bond acceptors (Lipinski definition) is 2. The van der Waals surface area contributed by atoms with Crippen molar-refractivity contribution in [2.45, 2.75) is 65.2 Å². The summed E-state index contributed by atoms with van der Waals surface area (Å²) < 4.78 is 0. The summed E-state index contributed by atoms with van der Waals surface area (Å²) in [5.41, 5.74) is 7.89. The van der Waals surface area contributed by atoms with Crippen molar-refractivity contribution in [3.8, 4) is 11.1 Å². The standard InChI is InChI=1S/C25H30O2S/c1-16(13-23(26)27)7-8-22-18(9-12-28-22)19-15-21-20(14-17(19)2)24(3,4)10-11-25(21,5)6/h7-9,12-15H,10-11H2,1-6H3,(H,26,27)/b8-7+,16-13+. The average molecular weight is 395 g/mol. The summed E-state index contributed by atoms with van der Waals surface area (Å²) in [6.45, 7) is 13.4. The zero-order valence-corrected chi connectivity index (χ0v) is 18.5. The van der Waals surface area contributed by atoms with E-state index in [1.165, 1.54) is 46.7 Å². The minimum atomic E-state index is -0.913. The van der Waals surface area contributed by atoms with Gasteiger partial charge in [-0.25, -0.2) is 4.79 Å². The number of hydrogen-bond donors (Lipinski definition) is 1. The number of carbonyl (C=O) groups is 1. The highest BCUT2D eigenvalue weighted by molar-refractivity contribution is 7.11. The van der Waals surface area contributed by atoms with Crippen LogP contribution in [0.4, 0.5) is 0 Å². The van der Waals surface area contributed by atoms with Crippen LogP contribution >= 0.6 is 11.3 Å². The molecule has 1 heterocycles. The third-order valence-electron chi connectivity index (χ3n) is 6.03. The number of thiophene rings is 1. The molecule has 0 saturated carbocycles. The predicted molar refractivity (Wildman–Crippen MR) is 120 cm³/mol. The molecule has 0 saturated heterocycles. The van der Waals surface area contributed by atoms with Crippen molar-refractivity contribution in [3.05, 3.63) is 62.9 Å². The molecular formula is C25H30O2S. The quantitative estimate of drug-likeness (QED) is 0.443. The van der Waals surface area contributed by atoms with E-state index < -0.39 is 5.97 Å². The highest BCUT2D eigenvalue weighted by Gasteiger charge is 2.37. The topological polar surface area (TPSA) is 37.3 Å². The molecule has 148 valence electrons. The van der Waals surface area contributed by atoms with Crippen LogP contribution in [0, 0.1) is 6.92 Å². The van der Waals surface area contributed by atoms with Crippen molar-refractivity contribution in [1.29, 1.82) is 0 Å². The second kappa shape index (κ2) is 7.36. The lowest BCUT2D eigenvalue weighted by Gasteiger charge is -2.42. The number of carboxylic acid groups (broad SMARTS) is 1. The third kappa shape index (κ3) is 4.00. The number of rotatable bonds is 4. The Morgan fingerprint density at radius 3 is 2.29 bits per heavy atom. The summed E-state index contributed by atoms with van der Waals surface area (Å²) >= 11 is 1.69. The van der Waals surface area contributed by atoms with Crippen molar-refractivity contribution in [2.75, 3.05) is 0 Å². The van der Waals surface area contributed by atoms with Gasteiger partial charge in [0.15, 0.2) is 0 Å². The molecule has 0 unspecified atom stereocenters. The van der Waals surface area contributed by atoms with Gasteiger partial charge in [0.2, 0.25) is 0 Å². The Kier molecular flexibility index (Phi) is 5.42. The first kappa shape index (κ1) is 20.6. The molecule has 3 rings (SSSR count). The van der Waals surface area contributed by atoms with Gasteiger partial charge < -0.3 is 5.11 Å². The molecule has 1 aliphatic carbocycles. The predicted octanol–water partition coefficient (Wildman–Crippen LogP) is 7.12. The van der Waals surface area contributed by atoms with Crippen LogP contribution in [0.3, 0.4) is 0 Å². The van der Waals surface area contributed by atoms with E-state index >= 15 is 0 Å². The zero-order valence-electron chi connectivity index (χ0n) is 17.7. The Bertz CT molecular complexity index is 970. The van der Waals surface area contributed by atoms with Crippen LogP contribution in [0.1, 0.15) is 69.0 Å². The van der Waals surface area contributed by atoms with Gasteiger partial charge in [-0.1, -0.05) is 45.9 Å². The van der Waals surface area contributed by atoms with Gasteiger partial charge >= 0.3 is 5.97 Å². The Labute approximate surface area is 172 Å². The minimum Gasteiger partial charge on any atom is -0.478 e. The van der Waals surface area contributed by atoms with Crippen LogP contribution in [0.2, 0.25) is 0 Å². The number of aliphatic carboxylic acids is 1. The van der Waals surface area contributed by atoms with E-state index in [0.717, 1.165) is 10.5 Å². The maximum atomic E-state index is 10.8. The molecule has 0 spiro atoms.